The number of aromatic nitrogens is 3. The van der Waals surface area contributed by atoms with Gasteiger partial charge in [0.1, 0.15) is 0 Å². The van der Waals surface area contributed by atoms with E-state index in [1.54, 1.807) is 12.1 Å². The van der Waals surface area contributed by atoms with Gasteiger partial charge in [-0.25, -0.2) is 0 Å². The molecule has 1 heterocycles. The zero-order valence-corrected chi connectivity index (χ0v) is 18.8. The maximum absolute atomic E-state index is 5.95. The van der Waals surface area contributed by atoms with E-state index in [9.17, 15) is 0 Å². The summed E-state index contributed by atoms with van der Waals surface area (Å²) in [6, 6.07) is 29.0. The number of anilines is 2. The Kier molecular flexibility index (Phi) is 5.66. The van der Waals surface area contributed by atoms with Gasteiger partial charge in [0.15, 0.2) is 0 Å². The molecule has 0 radical (unpaired) electrons. The van der Waals surface area contributed by atoms with E-state index in [-0.39, 0.29) is 16.5 Å². The number of halogens is 3. The number of hydrogen-bond donors (Lipinski definition) is 1. The lowest BCUT2D eigenvalue weighted by molar-refractivity contribution is 1.05. The van der Waals surface area contributed by atoms with E-state index in [1.807, 2.05) is 12.1 Å². The molecule has 0 unspecified atom stereocenters. The predicted molar refractivity (Wildman–Crippen MR) is 135 cm³/mol. The average molecular weight is 478 g/mol. The fraction of sp³-hybridized carbons (Fsp3) is 0. The Morgan fingerprint density at radius 2 is 0.969 bits per heavy atom. The number of para-hydroxylation sites is 1. The van der Waals surface area contributed by atoms with Crippen molar-refractivity contribution in [1.29, 1.82) is 0 Å². The summed E-state index contributed by atoms with van der Waals surface area (Å²) < 4.78 is 0. The molecular formula is C25H15Cl3N4. The van der Waals surface area contributed by atoms with E-state index in [2.05, 4.69) is 80.9 Å². The van der Waals surface area contributed by atoms with Crippen LogP contribution in [0.5, 0.6) is 0 Å². The Balaban J connectivity index is 0.000000135. The van der Waals surface area contributed by atoms with Crippen molar-refractivity contribution in [1.82, 2.24) is 15.0 Å². The molecule has 156 valence electrons. The Morgan fingerprint density at radius 3 is 1.44 bits per heavy atom. The molecule has 0 amide bonds. The largest absolute Gasteiger partial charge is 0.323 e. The molecule has 0 saturated heterocycles. The van der Waals surface area contributed by atoms with Gasteiger partial charge < -0.3 is 5.32 Å². The molecule has 1 aromatic heterocycles. The first-order valence-electron chi connectivity index (χ1n) is 9.80. The minimum Gasteiger partial charge on any atom is -0.323 e. The van der Waals surface area contributed by atoms with E-state index in [0.29, 0.717) is 10.7 Å². The van der Waals surface area contributed by atoms with Crippen LogP contribution < -0.4 is 5.32 Å². The van der Waals surface area contributed by atoms with Crippen LogP contribution in [0, 0.1) is 0 Å². The SMILES string of the molecule is Clc1nc(Cl)nc(Nc2ccccc2Cl)n1.c1cc2ccc3cccc4ccc(c1)c2c34. The highest BCUT2D eigenvalue weighted by Gasteiger charge is 2.06. The molecule has 0 saturated carbocycles. The standard InChI is InChI=1S/C16H10.C9H5Cl3N4/c1-3-11-7-9-13-5-2-6-14-10-8-12(4-1)15(11)16(13)14;10-5-3-1-2-4-6(5)13-9-15-7(11)14-8(12)16-9/h1-10H;1-4H,(H,13,14,15,16). The summed E-state index contributed by atoms with van der Waals surface area (Å²) in [6.45, 7) is 0. The molecule has 7 heteroatoms. The highest BCUT2D eigenvalue weighted by Crippen LogP contribution is 2.33. The molecule has 6 rings (SSSR count). The van der Waals surface area contributed by atoms with Crippen molar-refractivity contribution in [2.75, 3.05) is 5.32 Å². The Bertz CT molecular complexity index is 1400. The molecule has 32 heavy (non-hydrogen) atoms. The highest BCUT2D eigenvalue weighted by molar-refractivity contribution is 6.33. The molecule has 0 aliphatic carbocycles. The normalized spacial score (nSPS) is 11.0. The lowest BCUT2D eigenvalue weighted by atomic mass is 9.95. The molecule has 1 N–H and O–H groups in total. The molecular weight excluding hydrogens is 463 g/mol. The summed E-state index contributed by atoms with van der Waals surface area (Å²) in [4.78, 5) is 11.4. The van der Waals surface area contributed by atoms with Crippen LogP contribution in [0.25, 0.3) is 32.3 Å². The molecule has 4 nitrogen and oxygen atoms in total. The van der Waals surface area contributed by atoms with Crippen LogP contribution in [0.1, 0.15) is 0 Å². The van der Waals surface area contributed by atoms with Crippen molar-refractivity contribution >= 4 is 78.8 Å². The first kappa shape index (κ1) is 20.7. The second kappa shape index (κ2) is 8.75. The van der Waals surface area contributed by atoms with Crippen LogP contribution in [0.15, 0.2) is 84.9 Å². The summed E-state index contributed by atoms with van der Waals surface area (Å²) in [5.41, 5.74) is 0.669. The molecule has 0 aliphatic heterocycles. The topological polar surface area (TPSA) is 50.7 Å². The monoisotopic (exact) mass is 476 g/mol. The number of nitrogens with zero attached hydrogens (tertiary/aromatic N) is 3. The van der Waals surface area contributed by atoms with Gasteiger partial charge in [-0.2, -0.15) is 15.0 Å². The van der Waals surface area contributed by atoms with Crippen LogP contribution in [-0.2, 0) is 0 Å². The van der Waals surface area contributed by atoms with Crippen molar-refractivity contribution < 1.29 is 0 Å². The quantitative estimate of drug-likeness (QED) is 0.256. The Hall–Kier alpha value is -3.18. The molecule has 0 spiro atoms. The van der Waals surface area contributed by atoms with Gasteiger partial charge in [-0.15, -0.1) is 0 Å². The molecule has 0 atom stereocenters. The van der Waals surface area contributed by atoms with Gasteiger partial charge in [0.2, 0.25) is 16.5 Å². The van der Waals surface area contributed by atoms with Gasteiger partial charge in [-0.1, -0.05) is 84.4 Å². The van der Waals surface area contributed by atoms with Crippen LogP contribution in [-0.4, -0.2) is 15.0 Å². The minimum absolute atomic E-state index is 0.0227. The minimum atomic E-state index is 0.0227. The summed E-state index contributed by atoms with van der Waals surface area (Å²) in [5, 5.41) is 11.6. The lowest BCUT2D eigenvalue weighted by Crippen LogP contribution is -1.99. The molecule has 0 aliphatic rings. The number of nitrogens with one attached hydrogen (secondary N) is 1. The summed E-state index contributed by atoms with van der Waals surface area (Å²) in [5.74, 6) is 0.248. The van der Waals surface area contributed by atoms with E-state index >= 15 is 0 Å². The summed E-state index contributed by atoms with van der Waals surface area (Å²) >= 11 is 17.2. The zero-order chi connectivity index (χ0) is 22.1. The van der Waals surface area contributed by atoms with Gasteiger partial charge >= 0.3 is 0 Å². The highest BCUT2D eigenvalue weighted by atomic mass is 35.5. The van der Waals surface area contributed by atoms with Crippen molar-refractivity contribution in [3.05, 3.63) is 101 Å². The molecule has 6 aromatic rings. The lowest BCUT2D eigenvalue weighted by Gasteiger charge is -2.09. The average Bonchev–Trinajstić information content (AvgIpc) is 2.79. The van der Waals surface area contributed by atoms with Crippen molar-refractivity contribution in [2.45, 2.75) is 0 Å². The number of hydrogen-bond acceptors (Lipinski definition) is 4. The third kappa shape index (κ3) is 4.13. The van der Waals surface area contributed by atoms with E-state index < -0.39 is 0 Å². The van der Waals surface area contributed by atoms with Gasteiger partial charge in [-0.05, 0) is 67.7 Å². The van der Waals surface area contributed by atoms with E-state index in [0.717, 1.165) is 0 Å². The Morgan fingerprint density at radius 1 is 0.500 bits per heavy atom. The molecule has 0 fully saturated rings. The fourth-order valence-corrected chi connectivity index (χ4v) is 4.28. The van der Waals surface area contributed by atoms with Crippen LogP contribution in [0.2, 0.25) is 15.6 Å². The van der Waals surface area contributed by atoms with E-state index in [1.165, 1.54) is 32.3 Å². The van der Waals surface area contributed by atoms with Crippen LogP contribution in [0.3, 0.4) is 0 Å². The second-order valence-corrected chi connectivity index (χ2v) is 8.17. The van der Waals surface area contributed by atoms with Gasteiger partial charge in [0, 0.05) is 0 Å². The maximum Gasteiger partial charge on any atom is 0.232 e. The number of rotatable bonds is 2. The third-order valence-electron chi connectivity index (χ3n) is 5.09. The Labute approximate surface area is 199 Å². The van der Waals surface area contributed by atoms with Crippen LogP contribution in [0.4, 0.5) is 11.6 Å². The van der Waals surface area contributed by atoms with E-state index in [4.69, 9.17) is 34.8 Å². The summed E-state index contributed by atoms with van der Waals surface area (Å²) in [7, 11) is 0. The van der Waals surface area contributed by atoms with Gasteiger partial charge in [0.25, 0.3) is 0 Å². The van der Waals surface area contributed by atoms with Crippen molar-refractivity contribution in [2.24, 2.45) is 0 Å². The first-order chi connectivity index (χ1) is 15.6. The second-order valence-electron chi connectivity index (χ2n) is 7.09. The maximum atomic E-state index is 5.95. The third-order valence-corrected chi connectivity index (χ3v) is 5.76. The summed E-state index contributed by atoms with van der Waals surface area (Å²) in [6.07, 6.45) is 0. The fourth-order valence-electron chi connectivity index (χ4n) is 3.73. The smallest absolute Gasteiger partial charge is 0.232 e. The first-order valence-corrected chi connectivity index (χ1v) is 10.9. The van der Waals surface area contributed by atoms with Crippen molar-refractivity contribution in [3.8, 4) is 0 Å². The molecule has 0 bridgehead atoms. The zero-order valence-electron chi connectivity index (χ0n) is 16.6. The predicted octanol–water partition coefficient (Wildman–Crippen LogP) is 8.16. The van der Waals surface area contributed by atoms with Gasteiger partial charge in [0.05, 0.1) is 10.7 Å². The van der Waals surface area contributed by atoms with Crippen LogP contribution >= 0.6 is 34.8 Å². The molecule has 5 aromatic carbocycles. The van der Waals surface area contributed by atoms with Gasteiger partial charge in [-0.3, -0.25) is 0 Å². The van der Waals surface area contributed by atoms with Crippen molar-refractivity contribution in [3.63, 3.8) is 0 Å². The number of benzene rings is 5.